The van der Waals surface area contributed by atoms with E-state index in [0.29, 0.717) is 5.54 Å². The summed E-state index contributed by atoms with van der Waals surface area (Å²) in [7, 11) is 0. The fraction of sp³-hybridized carbons (Fsp3) is 1.00. The molecule has 14 heavy (non-hydrogen) atoms. The summed E-state index contributed by atoms with van der Waals surface area (Å²) in [6.07, 6.45) is 6.86. The summed E-state index contributed by atoms with van der Waals surface area (Å²) in [6.45, 7) is 10.7. The van der Waals surface area contributed by atoms with Gasteiger partial charge in [0.15, 0.2) is 0 Å². The topological polar surface area (TPSA) is 12.0 Å². The molecule has 1 fully saturated rings. The zero-order valence-electron chi connectivity index (χ0n) is 10.4. The van der Waals surface area contributed by atoms with E-state index in [0.717, 1.165) is 11.8 Å². The van der Waals surface area contributed by atoms with E-state index in [1.165, 1.54) is 38.6 Å². The zero-order chi connectivity index (χ0) is 10.6. The second-order valence-electron chi connectivity index (χ2n) is 5.24. The molecule has 2 unspecified atom stereocenters. The van der Waals surface area contributed by atoms with Crippen LogP contribution in [0.1, 0.15) is 59.8 Å². The van der Waals surface area contributed by atoms with Crippen LogP contribution in [0, 0.1) is 11.8 Å². The van der Waals surface area contributed by atoms with E-state index in [9.17, 15) is 0 Å². The Bertz CT molecular complexity index is 155. The Labute approximate surface area is 89.7 Å². The first-order valence-corrected chi connectivity index (χ1v) is 6.38. The van der Waals surface area contributed by atoms with Gasteiger partial charge in [-0.15, -0.1) is 0 Å². The van der Waals surface area contributed by atoms with Crippen LogP contribution >= 0.6 is 0 Å². The van der Waals surface area contributed by atoms with Crippen molar-refractivity contribution in [3.8, 4) is 0 Å². The van der Waals surface area contributed by atoms with Gasteiger partial charge < -0.3 is 5.32 Å². The fourth-order valence-electron chi connectivity index (χ4n) is 2.98. The van der Waals surface area contributed by atoms with Crippen LogP contribution in [0.3, 0.4) is 0 Å². The van der Waals surface area contributed by atoms with Gasteiger partial charge in [-0.2, -0.15) is 0 Å². The molecule has 1 rings (SSSR count). The summed E-state index contributed by atoms with van der Waals surface area (Å²) < 4.78 is 0. The lowest BCUT2D eigenvalue weighted by atomic mass is 9.72. The molecule has 2 atom stereocenters. The second kappa shape index (κ2) is 5.16. The van der Waals surface area contributed by atoms with Gasteiger partial charge in [0.1, 0.15) is 0 Å². The largest absolute Gasteiger partial charge is 0.311 e. The lowest BCUT2D eigenvalue weighted by Crippen LogP contribution is -2.53. The summed E-state index contributed by atoms with van der Waals surface area (Å²) >= 11 is 0. The quantitative estimate of drug-likeness (QED) is 0.729. The number of hydrogen-bond donors (Lipinski definition) is 1. The summed E-state index contributed by atoms with van der Waals surface area (Å²) in [5, 5.41) is 3.85. The summed E-state index contributed by atoms with van der Waals surface area (Å²) in [5.41, 5.74) is 0.422. The van der Waals surface area contributed by atoms with E-state index in [-0.39, 0.29) is 0 Å². The first kappa shape index (κ1) is 12.0. The minimum Gasteiger partial charge on any atom is -0.311 e. The highest BCUT2D eigenvalue weighted by atomic mass is 15.0. The van der Waals surface area contributed by atoms with Gasteiger partial charge >= 0.3 is 0 Å². The molecule has 0 aromatic rings. The van der Waals surface area contributed by atoms with Crippen molar-refractivity contribution in [2.45, 2.75) is 65.3 Å². The van der Waals surface area contributed by atoms with E-state index < -0.39 is 0 Å². The molecule has 1 heteroatoms. The Hall–Kier alpha value is -0.0400. The van der Waals surface area contributed by atoms with Gasteiger partial charge in [-0.3, -0.25) is 0 Å². The third kappa shape index (κ3) is 2.31. The van der Waals surface area contributed by atoms with Crippen molar-refractivity contribution in [3.63, 3.8) is 0 Å². The van der Waals surface area contributed by atoms with Crippen molar-refractivity contribution in [3.05, 3.63) is 0 Å². The maximum Gasteiger partial charge on any atom is 0.0229 e. The van der Waals surface area contributed by atoms with Crippen molar-refractivity contribution >= 4 is 0 Å². The molecule has 1 saturated heterocycles. The highest BCUT2D eigenvalue weighted by Crippen LogP contribution is 2.35. The highest BCUT2D eigenvalue weighted by Gasteiger charge is 2.37. The van der Waals surface area contributed by atoms with Gasteiger partial charge in [0, 0.05) is 5.54 Å². The van der Waals surface area contributed by atoms with Crippen LogP contribution in [0.15, 0.2) is 0 Å². The first-order chi connectivity index (χ1) is 6.63. The van der Waals surface area contributed by atoms with Crippen molar-refractivity contribution in [1.29, 1.82) is 0 Å². The van der Waals surface area contributed by atoms with Gasteiger partial charge in [-0.1, -0.05) is 47.0 Å². The minimum absolute atomic E-state index is 0.422. The molecule has 0 aromatic carbocycles. The molecule has 1 N–H and O–H groups in total. The molecule has 0 amide bonds. The summed E-state index contributed by atoms with van der Waals surface area (Å²) in [4.78, 5) is 0. The second-order valence-corrected chi connectivity index (χ2v) is 5.24. The maximum atomic E-state index is 3.85. The van der Waals surface area contributed by atoms with Crippen molar-refractivity contribution < 1.29 is 0 Å². The molecule has 0 saturated carbocycles. The van der Waals surface area contributed by atoms with E-state index in [4.69, 9.17) is 0 Å². The third-order valence-electron chi connectivity index (χ3n) is 4.24. The van der Waals surface area contributed by atoms with Crippen LogP contribution < -0.4 is 5.32 Å². The molecule has 0 spiro atoms. The lowest BCUT2D eigenvalue weighted by Gasteiger charge is -2.43. The predicted octanol–water partition coefficient (Wildman–Crippen LogP) is 3.59. The van der Waals surface area contributed by atoms with Gasteiger partial charge in [0.2, 0.25) is 0 Å². The van der Waals surface area contributed by atoms with Gasteiger partial charge in [0.05, 0.1) is 0 Å². The Morgan fingerprint density at radius 2 is 1.86 bits per heavy atom. The Morgan fingerprint density at radius 3 is 2.43 bits per heavy atom. The molecule has 1 aliphatic heterocycles. The van der Waals surface area contributed by atoms with Crippen LogP contribution in [-0.4, -0.2) is 12.1 Å². The molecular formula is C13H27N. The predicted molar refractivity (Wildman–Crippen MR) is 63.5 cm³/mol. The number of rotatable bonds is 3. The maximum absolute atomic E-state index is 3.85. The van der Waals surface area contributed by atoms with Crippen molar-refractivity contribution in [1.82, 2.24) is 5.32 Å². The van der Waals surface area contributed by atoms with Crippen LogP contribution in [-0.2, 0) is 0 Å². The lowest BCUT2D eigenvalue weighted by molar-refractivity contribution is 0.143. The molecule has 0 aromatic heterocycles. The van der Waals surface area contributed by atoms with Crippen molar-refractivity contribution in [2.24, 2.45) is 11.8 Å². The number of hydrogen-bond acceptors (Lipinski definition) is 1. The normalized spacial score (nSPS) is 31.5. The fourth-order valence-corrected chi connectivity index (χ4v) is 2.98. The smallest absolute Gasteiger partial charge is 0.0229 e. The highest BCUT2D eigenvalue weighted by molar-refractivity contribution is 4.95. The molecule has 1 aliphatic rings. The monoisotopic (exact) mass is 197 g/mol. The van der Waals surface area contributed by atoms with Crippen LogP contribution in [0.2, 0.25) is 0 Å². The Balaban J connectivity index is 2.77. The molecular weight excluding hydrogens is 170 g/mol. The van der Waals surface area contributed by atoms with Gasteiger partial charge in [0.25, 0.3) is 0 Å². The Kier molecular flexibility index (Phi) is 4.43. The van der Waals surface area contributed by atoms with E-state index >= 15 is 0 Å². The van der Waals surface area contributed by atoms with Crippen LogP contribution in [0.5, 0.6) is 0 Å². The average Bonchev–Trinajstić information content (AvgIpc) is 2.42. The van der Waals surface area contributed by atoms with E-state index in [1.54, 1.807) is 0 Å². The van der Waals surface area contributed by atoms with Crippen LogP contribution in [0.25, 0.3) is 0 Å². The average molecular weight is 197 g/mol. The van der Waals surface area contributed by atoms with Crippen LogP contribution in [0.4, 0.5) is 0 Å². The molecule has 0 radical (unpaired) electrons. The van der Waals surface area contributed by atoms with Gasteiger partial charge in [-0.25, -0.2) is 0 Å². The molecule has 1 heterocycles. The van der Waals surface area contributed by atoms with Crippen molar-refractivity contribution in [2.75, 3.05) is 6.54 Å². The van der Waals surface area contributed by atoms with E-state index in [1.807, 2.05) is 0 Å². The first-order valence-electron chi connectivity index (χ1n) is 6.38. The Morgan fingerprint density at radius 1 is 1.14 bits per heavy atom. The molecule has 0 bridgehead atoms. The molecule has 1 nitrogen and oxygen atoms in total. The third-order valence-corrected chi connectivity index (χ3v) is 4.24. The summed E-state index contributed by atoms with van der Waals surface area (Å²) in [5.74, 6) is 1.57. The van der Waals surface area contributed by atoms with Gasteiger partial charge in [-0.05, 0) is 31.2 Å². The SMILES string of the molecule is CCC(C)C1(C(C)C)CCCCCN1. The number of nitrogens with one attached hydrogen (secondary N) is 1. The minimum atomic E-state index is 0.422. The molecule has 0 aliphatic carbocycles. The molecule has 84 valence electrons. The van der Waals surface area contributed by atoms with E-state index in [2.05, 4.69) is 33.0 Å². The standard InChI is InChI=1S/C13H27N/c1-5-12(4)13(11(2)3)9-7-6-8-10-14-13/h11-12,14H,5-10H2,1-4H3. The zero-order valence-corrected chi connectivity index (χ0v) is 10.4. The summed E-state index contributed by atoms with van der Waals surface area (Å²) in [6, 6.07) is 0.